The van der Waals surface area contributed by atoms with Crippen LogP contribution in [0.5, 0.6) is 0 Å². The Morgan fingerprint density at radius 3 is 2.43 bits per heavy atom. The highest BCUT2D eigenvalue weighted by Gasteiger charge is 2.22. The summed E-state index contributed by atoms with van der Waals surface area (Å²) in [5, 5.41) is 3.72. The highest BCUT2D eigenvalue weighted by atomic mass is 35.5. The number of nitrogens with one attached hydrogen (secondary N) is 1. The van der Waals surface area contributed by atoms with Gasteiger partial charge in [0.15, 0.2) is 0 Å². The number of halogens is 1. The lowest BCUT2D eigenvalue weighted by molar-refractivity contribution is -0.132. The summed E-state index contributed by atoms with van der Waals surface area (Å²) in [5.41, 5.74) is 0.954. The summed E-state index contributed by atoms with van der Waals surface area (Å²) < 4.78 is 0. The highest BCUT2D eigenvalue weighted by molar-refractivity contribution is 6.30. The fourth-order valence-corrected chi connectivity index (χ4v) is 2.69. The van der Waals surface area contributed by atoms with Crippen molar-refractivity contribution in [3.05, 3.63) is 34.9 Å². The summed E-state index contributed by atoms with van der Waals surface area (Å²) in [4.78, 5) is 25.5. The molecule has 1 aromatic rings. The molecule has 4 nitrogen and oxygen atoms in total. The molecule has 0 aromatic heterocycles. The number of likely N-dealkylation sites (tertiary alicyclic amines) is 1. The van der Waals surface area contributed by atoms with E-state index in [1.165, 1.54) is 0 Å². The second-order valence-electron chi connectivity index (χ2n) is 5.38. The number of rotatable bonds is 4. The van der Waals surface area contributed by atoms with E-state index in [9.17, 15) is 9.59 Å². The van der Waals surface area contributed by atoms with Gasteiger partial charge in [-0.05, 0) is 30.5 Å². The Morgan fingerprint density at radius 2 is 1.86 bits per heavy atom. The molecular formula is C16H21ClN2O2. The number of nitrogens with zero attached hydrogens (tertiary/aromatic N) is 1. The van der Waals surface area contributed by atoms with Crippen molar-refractivity contribution in [2.75, 3.05) is 13.1 Å². The molecule has 1 N–H and O–H groups in total. The van der Waals surface area contributed by atoms with Crippen molar-refractivity contribution in [1.82, 2.24) is 10.2 Å². The van der Waals surface area contributed by atoms with E-state index in [1.807, 2.05) is 24.0 Å². The Balaban J connectivity index is 1.76. The van der Waals surface area contributed by atoms with Crippen LogP contribution < -0.4 is 5.32 Å². The first-order chi connectivity index (χ1) is 10.1. The third kappa shape index (κ3) is 4.74. The molecule has 1 fully saturated rings. The van der Waals surface area contributed by atoms with Crippen molar-refractivity contribution in [3.8, 4) is 0 Å². The minimum Gasteiger partial charge on any atom is -0.353 e. The first-order valence-electron chi connectivity index (χ1n) is 7.40. The van der Waals surface area contributed by atoms with Crippen LogP contribution in [0.4, 0.5) is 0 Å². The Hall–Kier alpha value is -1.55. The Morgan fingerprint density at radius 1 is 1.24 bits per heavy atom. The molecule has 0 radical (unpaired) electrons. The van der Waals surface area contributed by atoms with Crippen LogP contribution in [0.15, 0.2) is 24.3 Å². The molecule has 5 heteroatoms. The standard InChI is InChI=1S/C16H21ClN2O2/c1-2-16(21)19-9-7-14(8-10-19)18-15(20)11-12-3-5-13(17)6-4-12/h3-6,14H,2,7-11H2,1H3,(H,18,20). The van der Waals surface area contributed by atoms with Crippen LogP contribution in [0.1, 0.15) is 31.7 Å². The Labute approximate surface area is 130 Å². The first-order valence-corrected chi connectivity index (χ1v) is 7.78. The summed E-state index contributed by atoms with van der Waals surface area (Å²) in [6, 6.07) is 7.48. The minimum atomic E-state index is 0.0255. The monoisotopic (exact) mass is 308 g/mol. The van der Waals surface area contributed by atoms with Crippen molar-refractivity contribution in [1.29, 1.82) is 0 Å². The molecule has 114 valence electrons. The van der Waals surface area contributed by atoms with Crippen LogP contribution in [0, 0.1) is 0 Å². The van der Waals surface area contributed by atoms with Crippen molar-refractivity contribution in [3.63, 3.8) is 0 Å². The van der Waals surface area contributed by atoms with Crippen molar-refractivity contribution in [2.24, 2.45) is 0 Å². The summed E-state index contributed by atoms with van der Waals surface area (Å²) in [6.07, 6.45) is 2.58. The van der Waals surface area contributed by atoms with Crippen molar-refractivity contribution < 1.29 is 9.59 Å². The number of hydrogen-bond acceptors (Lipinski definition) is 2. The van der Waals surface area contributed by atoms with E-state index >= 15 is 0 Å². The van der Waals surface area contributed by atoms with Gasteiger partial charge in [-0.1, -0.05) is 30.7 Å². The fraction of sp³-hybridized carbons (Fsp3) is 0.500. The SMILES string of the molecule is CCC(=O)N1CCC(NC(=O)Cc2ccc(Cl)cc2)CC1. The van der Waals surface area contributed by atoms with Gasteiger partial charge in [-0.3, -0.25) is 9.59 Å². The maximum absolute atomic E-state index is 12.0. The van der Waals surface area contributed by atoms with E-state index in [4.69, 9.17) is 11.6 Å². The number of carbonyl (C=O) groups excluding carboxylic acids is 2. The number of amides is 2. The van der Waals surface area contributed by atoms with Crippen LogP contribution >= 0.6 is 11.6 Å². The van der Waals surface area contributed by atoms with Gasteiger partial charge in [0.25, 0.3) is 0 Å². The quantitative estimate of drug-likeness (QED) is 0.928. The molecule has 0 bridgehead atoms. The molecule has 1 aliphatic heterocycles. The van der Waals surface area contributed by atoms with Gasteiger partial charge in [0, 0.05) is 30.6 Å². The minimum absolute atomic E-state index is 0.0255. The smallest absolute Gasteiger partial charge is 0.224 e. The summed E-state index contributed by atoms with van der Waals surface area (Å²) >= 11 is 5.82. The molecule has 1 aromatic carbocycles. The average Bonchev–Trinajstić information content (AvgIpc) is 2.49. The normalized spacial score (nSPS) is 15.8. The van der Waals surface area contributed by atoms with Gasteiger partial charge in [0.05, 0.1) is 6.42 Å². The molecular weight excluding hydrogens is 288 g/mol. The second kappa shape index (κ2) is 7.46. The van der Waals surface area contributed by atoms with E-state index in [1.54, 1.807) is 12.1 Å². The molecule has 1 saturated heterocycles. The van der Waals surface area contributed by atoms with Crippen LogP contribution in [-0.2, 0) is 16.0 Å². The zero-order chi connectivity index (χ0) is 15.2. The zero-order valence-electron chi connectivity index (χ0n) is 12.3. The van der Waals surface area contributed by atoms with Gasteiger partial charge in [-0.2, -0.15) is 0 Å². The van der Waals surface area contributed by atoms with Gasteiger partial charge in [-0.15, -0.1) is 0 Å². The molecule has 0 aliphatic carbocycles. The van der Waals surface area contributed by atoms with Crippen LogP contribution in [-0.4, -0.2) is 35.8 Å². The van der Waals surface area contributed by atoms with E-state index in [2.05, 4.69) is 5.32 Å². The van der Waals surface area contributed by atoms with Gasteiger partial charge in [0.2, 0.25) is 11.8 Å². The Bertz CT molecular complexity index is 494. The number of carbonyl (C=O) groups is 2. The number of hydrogen-bond donors (Lipinski definition) is 1. The largest absolute Gasteiger partial charge is 0.353 e. The predicted octanol–water partition coefficient (Wildman–Crippen LogP) is 2.40. The van der Waals surface area contributed by atoms with Crippen molar-refractivity contribution in [2.45, 2.75) is 38.6 Å². The third-order valence-electron chi connectivity index (χ3n) is 3.79. The second-order valence-corrected chi connectivity index (χ2v) is 5.82. The van der Waals surface area contributed by atoms with E-state index in [0.29, 0.717) is 17.9 Å². The summed E-state index contributed by atoms with van der Waals surface area (Å²) in [6.45, 7) is 3.35. The van der Waals surface area contributed by atoms with Crippen molar-refractivity contribution >= 4 is 23.4 Å². The highest BCUT2D eigenvalue weighted by Crippen LogP contribution is 2.13. The van der Waals surface area contributed by atoms with Crippen LogP contribution in [0.2, 0.25) is 5.02 Å². The lowest BCUT2D eigenvalue weighted by Gasteiger charge is -2.32. The predicted molar refractivity (Wildman–Crippen MR) is 83.2 cm³/mol. The lowest BCUT2D eigenvalue weighted by atomic mass is 10.0. The van der Waals surface area contributed by atoms with E-state index < -0.39 is 0 Å². The third-order valence-corrected chi connectivity index (χ3v) is 4.05. The van der Waals surface area contributed by atoms with Crippen LogP contribution in [0.3, 0.4) is 0 Å². The van der Waals surface area contributed by atoms with Gasteiger partial charge < -0.3 is 10.2 Å². The number of benzene rings is 1. The van der Waals surface area contributed by atoms with E-state index in [0.717, 1.165) is 31.5 Å². The molecule has 1 heterocycles. The summed E-state index contributed by atoms with van der Waals surface area (Å²) in [7, 11) is 0. The number of piperidine rings is 1. The van der Waals surface area contributed by atoms with Gasteiger partial charge in [0.1, 0.15) is 0 Å². The maximum Gasteiger partial charge on any atom is 0.224 e. The molecule has 2 rings (SSSR count). The molecule has 0 spiro atoms. The Kier molecular flexibility index (Phi) is 5.62. The lowest BCUT2D eigenvalue weighted by Crippen LogP contribution is -2.46. The zero-order valence-corrected chi connectivity index (χ0v) is 13.0. The molecule has 0 atom stereocenters. The summed E-state index contributed by atoms with van der Waals surface area (Å²) in [5.74, 6) is 0.221. The first kappa shape index (κ1) is 15.8. The molecule has 0 saturated carbocycles. The molecule has 1 aliphatic rings. The van der Waals surface area contributed by atoms with Gasteiger partial charge in [-0.25, -0.2) is 0 Å². The molecule has 2 amide bonds. The molecule has 21 heavy (non-hydrogen) atoms. The fourth-order valence-electron chi connectivity index (χ4n) is 2.56. The van der Waals surface area contributed by atoms with Crippen LogP contribution in [0.25, 0.3) is 0 Å². The van der Waals surface area contributed by atoms with Gasteiger partial charge >= 0.3 is 0 Å². The topological polar surface area (TPSA) is 49.4 Å². The maximum atomic E-state index is 12.0. The average molecular weight is 309 g/mol. The van der Waals surface area contributed by atoms with E-state index in [-0.39, 0.29) is 17.9 Å². The molecule has 0 unspecified atom stereocenters.